The molecule has 136 valence electrons. The minimum absolute atomic E-state index is 0.00307. The van der Waals surface area contributed by atoms with Crippen LogP contribution in [0.25, 0.3) is 0 Å². The molecule has 0 atom stereocenters. The Bertz CT molecular complexity index is 885. The van der Waals surface area contributed by atoms with Crippen LogP contribution >= 0.6 is 15.9 Å². The summed E-state index contributed by atoms with van der Waals surface area (Å²) in [5, 5.41) is 8.40. The van der Waals surface area contributed by atoms with Gasteiger partial charge in [0.15, 0.2) is 23.0 Å². The minimum Gasteiger partial charge on any atom is -0.395 e. The molecule has 0 amide bonds. The predicted molar refractivity (Wildman–Crippen MR) is 82.3 cm³/mol. The molecule has 2 aromatic rings. The van der Waals surface area contributed by atoms with Gasteiger partial charge in [-0.2, -0.15) is 5.26 Å². The van der Waals surface area contributed by atoms with Crippen LogP contribution in [0.2, 0.25) is 0 Å². The van der Waals surface area contributed by atoms with Crippen molar-refractivity contribution in [2.24, 2.45) is 0 Å². The van der Waals surface area contributed by atoms with E-state index in [1.165, 1.54) is 24.3 Å². The van der Waals surface area contributed by atoms with Gasteiger partial charge in [-0.3, -0.25) is 0 Å². The quantitative estimate of drug-likeness (QED) is 0.601. The molecule has 0 radical (unpaired) electrons. The van der Waals surface area contributed by atoms with E-state index in [1.807, 2.05) is 6.07 Å². The van der Waals surface area contributed by atoms with Gasteiger partial charge in [-0.25, -0.2) is 0 Å². The second kappa shape index (κ2) is 6.57. The van der Waals surface area contributed by atoms with Crippen molar-refractivity contribution in [3.8, 4) is 29.1 Å². The summed E-state index contributed by atoms with van der Waals surface area (Å²) in [5.41, 5.74) is 0.618. The van der Waals surface area contributed by atoms with Crippen LogP contribution in [0.3, 0.4) is 0 Å². The van der Waals surface area contributed by atoms with Crippen molar-refractivity contribution in [3.05, 3.63) is 46.4 Å². The molecule has 2 aliphatic rings. The number of hydrogen-bond acceptors (Lipinski definition) is 5. The number of ether oxygens (including phenoxy) is 4. The highest BCUT2D eigenvalue weighted by molar-refractivity contribution is 9.10. The van der Waals surface area contributed by atoms with Gasteiger partial charge in [-0.15, -0.1) is 17.6 Å². The highest BCUT2D eigenvalue weighted by atomic mass is 79.9. The molecule has 0 bridgehead atoms. The van der Waals surface area contributed by atoms with E-state index in [-0.39, 0.29) is 29.4 Å². The van der Waals surface area contributed by atoms with Crippen molar-refractivity contribution in [1.82, 2.24) is 0 Å². The van der Waals surface area contributed by atoms with Gasteiger partial charge in [0, 0.05) is 4.47 Å². The van der Waals surface area contributed by atoms with E-state index in [1.54, 1.807) is 12.1 Å². The molecule has 0 fully saturated rings. The maximum Gasteiger partial charge on any atom is 0.586 e. The first kappa shape index (κ1) is 18.1. The lowest BCUT2D eigenvalue weighted by Crippen LogP contribution is -2.25. The summed E-state index contributed by atoms with van der Waals surface area (Å²) < 4.78 is 67.3. The molecule has 2 heterocycles. The molecule has 2 aromatic carbocycles. The molecule has 4 rings (SSSR count). The Labute approximate surface area is 152 Å². The highest BCUT2D eigenvalue weighted by Gasteiger charge is 2.44. The van der Waals surface area contributed by atoms with E-state index in [0.717, 1.165) is 0 Å². The van der Waals surface area contributed by atoms with Crippen molar-refractivity contribution in [1.29, 1.82) is 5.26 Å². The summed E-state index contributed by atoms with van der Waals surface area (Å²) in [5.74, 6) is 0.0806. The lowest BCUT2D eigenvalue weighted by Gasteiger charge is -2.04. The van der Waals surface area contributed by atoms with E-state index < -0.39 is 12.6 Å². The molecule has 0 N–H and O–H groups in total. The molecular weight excluding hydrogens is 426 g/mol. The van der Waals surface area contributed by atoms with Gasteiger partial charge in [0.05, 0.1) is 12.5 Å². The van der Waals surface area contributed by atoms with Gasteiger partial charge in [0.25, 0.3) is 0 Å². The van der Waals surface area contributed by atoms with Gasteiger partial charge in [-0.05, 0) is 35.9 Å². The normalized spacial score (nSPS) is 17.1. The van der Waals surface area contributed by atoms with Crippen LogP contribution in [-0.4, -0.2) is 12.6 Å². The topological polar surface area (TPSA) is 60.7 Å². The Balaban J connectivity index is 0.000000152. The largest absolute Gasteiger partial charge is 0.586 e. The molecule has 2 aliphatic heterocycles. The molecule has 5 nitrogen and oxygen atoms in total. The van der Waals surface area contributed by atoms with Crippen molar-refractivity contribution >= 4 is 15.9 Å². The zero-order valence-electron chi connectivity index (χ0n) is 12.6. The Hall–Kier alpha value is -2.67. The molecular formula is C16H8BrF4NO4. The molecule has 0 spiro atoms. The van der Waals surface area contributed by atoms with Gasteiger partial charge in [0.2, 0.25) is 0 Å². The standard InChI is InChI=1S/C9H5F2NO2.C7H3BrF2O2/c10-9(11)13-7-2-1-6(3-4-12)5-8(7)14-9;8-4-1-2-5-6(3-4)12-7(9,10)11-5/h1-2,5H,3H2;1-3H. The summed E-state index contributed by atoms with van der Waals surface area (Å²) in [6.07, 6.45) is -6.96. The second-order valence-corrected chi connectivity index (χ2v) is 5.96. The van der Waals surface area contributed by atoms with E-state index in [9.17, 15) is 17.6 Å². The van der Waals surface area contributed by atoms with Gasteiger partial charge in [0.1, 0.15) is 0 Å². The van der Waals surface area contributed by atoms with Crippen LogP contribution in [0, 0.1) is 11.3 Å². The van der Waals surface area contributed by atoms with Crippen LogP contribution in [-0.2, 0) is 6.42 Å². The number of fused-ring (bicyclic) bond motifs is 2. The summed E-state index contributed by atoms with van der Waals surface area (Å²) in [7, 11) is 0. The van der Waals surface area contributed by atoms with Crippen LogP contribution in [0.1, 0.15) is 5.56 Å². The Morgan fingerprint density at radius 2 is 1.31 bits per heavy atom. The first-order valence-electron chi connectivity index (χ1n) is 6.98. The summed E-state index contributed by atoms with van der Waals surface area (Å²) in [4.78, 5) is 0. The monoisotopic (exact) mass is 433 g/mol. The Kier molecular flexibility index (Phi) is 4.58. The number of rotatable bonds is 1. The van der Waals surface area contributed by atoms with Gasteiger partial charge >= 0.3 is 12.6 Å². The number of benzene rings is 2. The summed E-state index contributed by atoms with van der Waals surface area (Å²) in [6.45, 7) is 0. The third kappa shape index (κ3) is 4.11. The Morgan fingerprint density at radius 3 is 1.88 bits per heavy atom. The molecule has 10 heteroatoms. The molecule has 0 saturated carbocycles. The van der Waals surface area contributed by atoms with Gasteiger partial charge < -0.3 is 18.9 Å². The highest BCUT2D eigenvalue weighted by Crippen LogP contribution is 2.42. The number of alkyl halides is 4. The summed E-state index contributed by atoms with van der Waals surface area (Å²) in [6, 6.07) is 10.6. The number of nitrogens with zero attached hydrogens (tertiary/aromatic N) is 1. The van der Waals surface area contributed by atoms with Crippen LogP contribution in [0.15, 0.2) is 40.9 Å². The van der Waals surface area contributed by atoms with E-state index in [0.29, 0.717) is 10.0 Å². The smallest absolute Gasteiger partial charge is 0.395 e. The molecule has 0 unspecified atom stereocenters. The van der Waals surface area contributed by atoms with Crippen LogP contribution < -0.4 is 18.9 Å². The van der Waals surface area contributed by atoms with Crippen LogP contribution in [0.4, 0.5) is 17.6 Å². The fourth-order valence-corrected chi connectivity index (χ4v) is 2.46. The molecule has 0 aromatic heterocycles. The van der Waals surface area contributed by atoms with E-state index in [2.05, 4.69) is 34.9 Å². The lowest BCUT2D eigenvalue weighted by molar-refractivity contribution is -0.287. The Morgan fingerprint density at radius 1 is 0.808 bits per heavy atom. The van der Waals surface area contributed by atoms with Gasteiger partial charge in [-0.1, -0.05) is 22.0 Å². The zero-order valence-corrected chi connectivity index (χ0v) is 14.2. The average molecular weight is 434 g/mol. The van der Waals surface area contributed by atoms with Crippen molar-refractivity contribution in [3.63, 3.8) is 0 Å². The van der Waals surface area contributed by atoms with E-state index >= 15 is 0 Å². The zero-order chi connectivity index (χ0) is 18.9. The van der Waals surface area contributed by atoms with Crippen molar-refractivity contribution < 1.29 is 36.5 Å². The first-order valence-corrected chi connectivity index (χ1v) is 7.78. The fourth-order valence-electron chi connectivity index (χ4n) is 2.12. The third-order valence-corrected chi connectivity index (χ3v) is 3.61. The van der Waals surface area contributed by atoms with E-state index in [4.69, 9.17) is 5.26 Å². The number of halogens is 5. The summed E-state index contributed by atoms with van der Waals surface area (Å²) >= 11 is 3.12. The number of hydrogen-bond donors (Lipinski definition) is 0. The second-order valence-electron chi connectivity index (χ2n) is 5.04. The third-order valence-electron chi connectivity index (χ3n) is 3.11. The average Bonchev–Trinajstić information content (AvgIpc) is 3.00. The molecule has 0 saturated heterocycles. The minimum atomic E-state index is -3.59. The lowest BCUT2D eigenvalue weighted by atomic mass is 10.1. The number of nitriles is 1. The van der Waals surface area contributed by atoms with Crippen LogP contribution in [0.5, 0.6) is 23.0 Å². The SMILES string of the molecule is FC1(F)Oc2ccc(Br)cc2O1.N#CCc1ccc2c(c1)OC(F)(F)O2. The molecule has 0 aliphatic carbocycles. The maximum atomic E-state index is 12.5. The fraction of sp³-hybridized carbons (Fsp3) is 0.188. The predicted octanol–water partition coefficient (Wildman–Crippen LogP) is 4.84. The first-order chi connectivity index (χ1) is 12.2. The van der Waals surface area contributed by atoms with Crippen molar-refractivity contribution in [2.75, 3.05) is 0 Å². The maximum absolute atomic E-state index is 12.5. The van der Waals surface area contributed by atoms with Crippen molar-refractivity contribution in [2.45, 2.75) is 19.0 Å². The molecule has 26 heavy (non-hydrogen) atoms.